The molecule has 0 saturated heterocycles. The second-order valence-electron chi connectivity index (χ2n) is 7.94. The molecule has 1 aliphatic rings. The van der Waals surface area contributed by atoms with Crippen molar-refractivity contribution in [1.82, 2.24) is 10.3 Å². The highest BCUT2D eigenvalue weighted by molar-refractivity contribution is 6.05. The summed E-state index contributed by atoms with van der Waals surface area (Å²) < 4.78 is 10.7. The zero-order valence-electron chi connectivity index (χ0n) is 17.8. The zero-order valence-corrected chi connectivity index (χ0v) is 17.8. The predicted molar refractivity (Wildman–Crippen MR) is 118 cm³/mol. The molecule has 3 aromatic rings. The normalized spacial score (nSPS) is 15.2. The van der Waals surface area contributed by atoms with E-state index in [0.29, 0.717) is 23.8 Å². The van der Waals surface area contributed by atoms with Crippen molar-refractivity contribution >= 4 is 22.8 Å². The molecule has 1 aromatic heterocycles. The molecule has 0 aliphatic heterocycles. The summed E-state index contributed by atoms with van der Waals surface area (Å²) in [6, 6.07) is 15.1. The van der Waals surface area contributed by atoms with Crippen molar-refractivity contribution in [3.05, 3.63) is 70.9 Å². The molecular formula is C25H26N2O4. The fourth-order valence-corrected chi connectivity index (χ4v) is 4.09. The summed E-state index contributed by atoms with van der Waals surface area (Å²) in [4.78, 5) is 30.1. The van der Waals surface area contributed by atoms with E-state index in [2.05, 4.69) is 12.2 Å². The predicted octanol–water partition coefficient (Wildman–Crippen LogP) is 3.84. The van der Waals surface area contributed by atoms with Crippen LogP contribution in [0.4, 0.5) is 0 Å². The van der Waals surface area contributed by atoms with Crippen LogP contribution in [0.25, 0.3) is 10.9 Å². The Bertz CT molecular complexity index is 1130. The first kappa shape index (κ1) is 20.8. The van der Waals surface area contributed by atoms with E-state index in [1.165, 1.54) is 0 Å². The molecule has 1 atom stereocenters. The number of hydrogen-bond donors (Lipinski definition) is 1. The third-order valence-electron chi connectivity index (χ3n) is 5.71. The number of fused-ring (bicyclic) bond motifs is 2. The molecule has 1 amide bonds. The first-order valence-corrected chi connectivity index (χ1v) is 10.5. The molecule has 160 valence electrons. The fourth-order valence-electron chi connectivity index (χ4n) is 4.09. The van der Waals surface area contributed by atoms with Gasteiger partial charge < -0.3 is 14.8 Å². The summed E-state index contributed by atoms with van der Waals surface area (Å²) in [6.07, 6.45) is 2.69. The highest BCUT2D eigenvalue weighted by atomic mass is 16.5. The molecule has 4 rings (SSSR count). The average Bonchev–Trinajstić information content (AvgIpc) is 2.79. The van der Waals surface area contributed by atoms with E-state index in [-0.39, 0.29) is 12.5 Å². The molecule has 0 saturated carbocycles. The molecule has 31 heavy (non-hydrogen) atoms. The first-order valence-electron chi connectivity index (χ1n) is 10.5. The molecular weight excluding hydrogens is 392 g/mol. The van der Waals surface area contributed by atoms with Gasteiger partial charge in [0.25, 0.3) is 5.91 Å². The van der Waals surface area contributed by atoms with E-state index in [1.807, 2.05) is 48.5 Å². The Balaban J connectivity index is 1.48. The number of nitrogens with one attached hydrogen (secondary N) is 1. The number of methoxy groups -OCH3 is 1. The number of esters is 1. The highest BCUT2D eigenvalue weighted by Gasteiger charge is 2.26. The highest BCUT2D eigenvalue weighted by Crippen LogP contribution is 2.32. The molecule has 1 N–H and O–H groups in total. The monoisotopic (exact) mass is 418 g/mol. The van der Waals surface area contributed by atoms with Crippen molar-refractivity contribution in [3.63, 3.8) is 0 Å². The fraction of sp³-hybridized carbons (Fsp3) is 0.320. The van der Waals surface area contributed by atoms with E-state index in [9.17, 15) is 9.59 Å². The van der Waals surface area contributed by atoms with Crippen molar-refractivity contribution in [3.8, 4) is 5.75 Å². The van der Waals surface area contributed by atoms with Crippen LogP contribution < -0.4 is 10.1 Å². The van der Waals surface area contributed by atoms with Crippen molar-refractivity contribution < 1.29 is 19.1 Å². The van der Waals surface area contributed by atoms with E-state index in [1.54, 1.807) is 7.11 Å². The average molecular weight is 418 g/mol. The van der Waals surface area contributed by atoms with Crippen LogP contribution in [0.15, 0.2) is 48.5 Å². The number of rotatable bonds is 6. The third-order valence-corrected chi connectivity index (χ3v) is 5.71. The lowest BCUT2D eigenvalue weighted by Crippen LogP contribution is -2.29. The van der Waals surface area contributed by atoms with Crippen LogP contribution in [0.2, 0.25) is 0 Å². The van der Waals surface area contributed by atoms with Crippen molar-refractivity contribution in [2.45, 2.75) is 32.7 Å². The number of para-hydroxylation sites is 2. The maximum atomic E-state index is 13.1. The molecule has 0 bridgehead atoms. The van der Waals surface area contributed by atoms with Crippen molar-refractivity contribution in [2.24, 2.45) is 5.92 Å². The van der Waals surface area contributed by atoms with Gasteiger partial charge in [0.1, 0.15) is 5.75 Å². The maximum absolute atomic E-state index is 13.1. The molecule has 0 spiro atoms. The van der Waals surface area contributed by atoms with Crippen LogP contribution in [0.3, 0.4) is 0 Å². The summed E-state index contributed by atoms with van der Waals surface area (Å²) >= 11 is 0. The number of benzene rings is 2. The van der Waals surface area contributed by atoms with Crippen LogP contribution in [0, 0.1) is 5.92 Å². The van der Waals surface area contributed by atoms with Gasteiger partial charge in [-0.2, -0.15) is 0 Å². The number of amides is 1. The third kappa shape index (κ3) is 4.53. The van der Waals surface area contributed by atoms with Crippen LogP contribution in [0.1, 0.15) is 40.5 Å². The summed E-state index contributed by atoms with van der Waals surface area (Å²) in [5.41, 5.74) is 4.10. The van der Waals surface area contributed by atoms with Crippen molar-refractivity contribution in [1.29, 1.82) is 0 Å². The quantitative estimate of drug-likeness (QED) is 0.616. The van der Waals surface area contributed by atoms with Gasteiger partial charge >= 0.3 is 5.97 Å². The molecule has 2 aromatic carbocycles. The number of hydrogen-bond acceptors (Lipinski definition) is 5. The Hall–Kier alpha value is -3.41. The molecule has 0 fully saturated rings. The van der Waals surface area contributed by atoms with Gasteiger partial charge in [0, 0.05) is 23.2 Å². The van der Waals surface area contributed by atoms with Gasteiger partial charge in [-0.25, -0.2) is 4.79 Å². The van der Waals surface area contributed by atoms with Crippen LogP contribution in [-0.2, 0) is 28.9 Å². The lowest BCUT2D eigenvalue weighted by atomic mass is 9.84. The number of aryl methyl sites for hydroxylation is 1. The number of ether oxygens (including phenoxy) is 2. The molecule has 6 nitrogen and oxygen atoms in total. The van der Waals surface area contributed by atoms with Gasteiger partial charge in [-0.1, -0.05) is 43.3 Å². The molecule has 1 aliphatic carbocycles. The minimum absolute atomic E-state index is 0.297. The molecule has 6 heteroatoms. The van der Waals surface area contributed by atoms with Gasteiger partial charge in [-0.3, -0.25) is 9.78 Å². The van der Waals surface area contributed by atoms with Gasteiger partial charge in [0.15, 0.2) is 6.61 Å². The smallest absolute Gasteiger partial charge is 0.339 e. The first-order chi connectivity index (χ1) is 15.1. The minimum atomic E-state index is -0.476. The van der Waals surface area contributed by atoms with Crippen LogP contribution in [-0.4, -0.2) is 30.6 Å². The number of carbonyl (C=O) groups excluding carboxylic acids is 2. The van der Waals surface area contributed by atoms with E-state index in [0.717, 1.165) is 47.0 Å². The summed E-state index contributed by atoms with van der Waals surface area (Å²) in [7, 11) is 1.59. The van der Waals surface area contributed by atoms with E-state index < -0.39 is 5.97 Å². The van der Waals surface area contributed by atoms with E-state index >= 15 is 0 Å². The molecule has 1 heterocycles. The summed E-state index contributed by atoms with van der Waals surface area (Å²) in [5, 5.41) is 3.55. The zero-order chi connectivity index (χ0) is 21.8. The Morgan fingerprint density at radius 2 is 1.90 bits per heavy atom. The largest absolute Gasteiger partial charge is 0.496 e. The SMILES string of the molecule is COc1ccccc1CNC(=O)COC(=O)c1c2c(nc3ccccc13)CCC(C)C2. The van der Waals surface area contributed by atoms with Gasteiger partial charge in [0.2, 0.25) is 0 Å². The summed E-state index contributed by atoms with van der Waals surface area (Å²) in [5.74, 6) is 0.339. The number of pyridine rings is 1. The topological polar surface area (TPSA) is 77.5 Å². The summed E-state index contributed by atoms with van der Waals surface area (Å²) in [6.45, 7) is 2.14. The number of aromatic nitrogens is 1. The van der Waals surface area contributed by atoms with Gasteiger partial charge in [-0.15, -0.1) is 0 Å². The van der Waals surface area contributed by atoms with Crippen molar-refractivity contribution in [2.75, 3.05) is 13.7 Å². The maximum Gasteiger partial charge on any atom is 0.339 e. The second kappa shape index (κ2) is 9.16. The van der Waals surface area contributed by atoms with Gasteiger partial charge in [-0.05, 0) is 42.9 Å². The Labute approximate surface area is 181 Å². The Morgan fingerprint density at radius 1 is 1.13 bits per heavy atom. The van der Waals surface area contributed by atoms with Crippen LogP contribution >= 0.6 is 0 Å². The van der Waals surface area contributed by atoms with Crippen LogP contribution in [0.5, 0.6) is 5.75 Å². The Kier molecular flexibility index (Phi) is 6.16. The molecule has 0 radical (unpaired) electrons. The van der Waals surface area contributed by atoms with Gasteiger partial charge in [0.05, 0.1) is 18.2 Å². The molecule has 1 unspecified atom stereocenters. The standard InChI is InChI=1S/C25H26N2O4/c1-16-11-12-21-19(13-16)24(18-8-4-5-9-20(18)27-21)25(29)31-15-23(28)26-14-17-7-3-6-10-22(17)30-2/h3-10,16H,11-15H2,1-2H3,(H,26,28). The second-order valence-corrected chi connectivity index (χ2v) is 7.94. The minimum Gasteiger partial charge on any atom is -0.496 e. The lowest BCUT2D eigenvalue weighted by Gasteiger charge is -2.24. The number of carbonyl (C=O) groups is 2. The number of nitrogens with zero attached hydrogens (tertiary/aromatic N) is 1. The Morgan fingerprint density at radius 3 is 2.74 bits per heavy atom. The lowest BCUT2D eigenvalue weighted by molar-refractivity contribution is -0.124. The van der Waals surface area contributed by atoms with E-state index in [4.69, 9.17) is 14.5 Å².